The average Bonchev–Trinajstić information content (AvgIpc) is 2.67. The number of benzene rings is 1. The number of carbonyl (C=O) groups excluding carboxylic acids is 2. The van der Waals surface area contributed by atoms with E-state index >= 15 is 0 Å². The lowest BCUT2D eigenvalue weighted by molar-refractivity contribution is 0.0945. The molecular formula is C20H18N4O2. The molecule has 0 fully saturated rings. The van der Waals surface area contributed by atoms with Crippen LogP contribution in [0.1, 0.15) is 32.1 Å². The molecule has 0 bridgehead atoms. The molecule has 2 N–H and O–H groups in total. The van der Waals surface area contributed by atoms with E-state index in [4.69, 9.17) is 0 Å². The van der Waals surface area contributed by atoms with E-state index in [1.54, 1.807) is 36.7 Å². The Bertz CT molecular complexity index is 926. The van der Waals surface area contributed by atoms with Crippen molar-refractivity contribution in [3.8, 4) is 0 Å². The van der Waals surface area contributed by atoms with Gasteiger partial charge in [0.15, 0.2) is 0 Å². The molecule has 0 unspecified atom stereocenters. The molecule has 0 saturated heterocycles. The number of hydrogen-bond acceptors (Lipinski definition) is 4. The van der Waals surface area contributed by atoms with Crippen LogP contribution in [0.5, 0.6) is 0 Å². The van der Waals surface area contributed by atoms with Crippen LogP contribution in [0.25, 0.3) is 0 Å². The van der Waals surface area contributed by atoms with Crippen LogP contribution in [0.4, 0.5) is 5.69 Å². The Balaban J connectivity index is 1.67. The average molecular weight is 346 g/mol. The molecule has 2 aromatic heterocycles. The Morgan fingerprint density at radius 3 is 2.35 bits per heavy atom. The molecule has 26 heavy (non-hydrogen) atoms. The largest absolute Gasteiger partial charge is 0.347 e. The highest BCUT2D eigenvalue weighted by molar-refractivity contribution is 6.03. The summed E-state index contributed by atoms with van der Waals surface area (Å²) in [5.41, 5.74) is 3.03. The minimum atomic E-state index is -0.362. The summed E-state index contributed by atoms with van der Waals surface area (Å²) in [6.45, 7) is 2.31. The zero-order valence-electron chi connectivity index (χ0n) is 14.3. The number of anilines is 1. The molecule has 3 rings (SSSR count). The van der Waals surface area contributed by atoms with Gasteiger partial charge in [-0.2, -0.15) is 0 Å². The first-order chi connectivity index (χ1) is 12.6. The summed E-state index contributed by atoms with van der Waals surface area (Å²) in [5, 5.41) is 5.56. The molecule has 1 aromatic carbocycles. The van der Waals surface area contributed by atoms with Crippen LogP contribution in [0.3, 0.4) is 0 Å². The molecule has 130 valence electrons. The molecule has 0 aliphatic heterocycles. The van der Waals surface area contributed by atoms with Crippen LogP contribution in [-0.2, 0) is 6.54 Å². The maximum absolute atomic E-state index is 12.4. The van der Waals surface area contributed by atoms with E-state index in [0.717, 1.165) is 11.1 Å². The molecule has 0 spiro atoms. The lowest BCUT2D eigenvalue weighted by Crippen LogP contribution is -2.25. The fraction of sp³-hybridized carbons (Fsp3) is 0.100. The lowest BCUT2D eigenvalue weighted by Gasteiger charge is -2.08. The van der Waals surface area contributed by atoms with E-state index in [-0.39, 0.29) is 23.2 Å². The third-order valence-corrected chi connectivity index (χ3v) is 3.69. The van der Waals surface area contributed by atoms with Gasteiger partial charge < -0.3 is 10.6 Å². The van der Waals surface area contributed by atoms with Crippen molar-refractivity contribution in [2.75, 3.05) is 5.32 Å². The molecule has 2 amide bonds. The lowest BCUT2D eigenvalue weighted by atomic mass is 10.2. The minimum absolute atomic E-state index is 0.183. The number of hydrogen-bond donors (Lipinski definition) is 2. The van der Waals surface area contributed by atoms with Gasteiger partial charge >= 0.3 is 0 Å². The van der Waals surface area contributed by atoms with Crippen molar-refractivity contribution in [1.82, 2.24) is 15.3 Å². The van der Waals surface area contributed by atoms with Crippen LogP contribution in [0.15, 0.2) is 67.0 Å². The third-order valence-electron chi connectivity index (χ3n) is 3.69. The number of carbonyl (C=O) groups is 2. The molecule has 6 nitrogen and oxygen atoms in total. The van der Waals surface area contributed by atoms with Crippen LogP contribution in [-0.4, -0.2) is 21.8 Å². The highest BCUT2D eigenvalue weighted by atomic mass is 16.2. The first-order valence-electron chi connectivity index (χ1n) is 8.14. The normalized spacial score (nSPS) is 10.2. The summed E-state index contributed by atoms with van der Waals surface area (Å²) in [6, 6.07) is 15.9. The van der Waals surface area contributed by atoms with Crippen molar-refractivity contribution in [2.24, 2.45) is 0 Å². The first kappa shape index (κ1) is 17.3. The topological polar surface area (TPSA) is 84.0 Å². The zero-order chi connectivity index (χ0) is 18.4. The maximum atomic E-state index is 12.4. The van der Waals surface area contributed by atoms with Crippen molar-refractivity contribution in [2.45, 2.75) is 13.5 Å². The van der Waals surface area contributed by atoms with Crippen molar-refractivity contribution in [1.29, 1.82) is 0 Å². The second kappa shape index (κ2) is 8.02. The summed E-state index contributed by atoms with van der Waals surface area (Å²) >= 11 is 0. The van der Waals surface area contributed by atoms with Crippen molar-refractivity contribution < 1.29 is 9.59 Å². The summed E-state index contributed by atoms with van der Waals surface area (Å²) in [7, 11) is 0. The molecule has 6 heteroatoms. The number of rotatable bonds is 5. The van der Waals surface area contributed by atoms with Gasteiger partial charge in [-0.1, -0.05) is 18.2 Å². The second-order valence-corrected chi connectivity index (χ2v) is 5.77. The van der Waals surface area contributed by atoms with Gasteiger partial charge in [-0.05, 0) is 54.4 Å². The van der Waals surface area contributed by atoms with E-state index in [9.17, 15) is 9.59 Å². The highest BCUT2D eigenvalue weighted by Gasteiger charge is 2.12. The van der Waals surface area contributed by atoms with Crippen LogP contribution in [0.2, 0.25) is 0 Å². The van der Waals surface area contributed by atoms with Crippen molar-refractivity contribution >= 4 is 17.5 Å². The quantitative estimate of drug-likeness (QED) is 0.744. The molecule has 0 radical (unpaired) electrons. The number of nitrogens with zero attached hydrogens (tertiary/aromatic N) is 2. The van der Waals surface area contributed by atoms with E-state index in [1.165, 1.54) is 0 Å². The van der Waals surface area contributed by atoms with Gasteiger partial charge in [0.1, 0.15) is 11.4 Å². The molecule has 0 saturated carbocycles. The Labute approximate surface area is 151 Å². The van der Waals surface area contributed by atoms with Gasteiger partial charge in [0.2, 0.25) is 0 Å². The molecule has 0 atom stereocenters. The smallest absolute Gasteiger partial charge is 0.274 e. The second-order valence-electron chi connectivity index (χ2n) is 5.77. The number of nitrogens with one attached hydrogen (secondary N) is 2. The van der Waals surface area contributed by atoms with Crippen molar-refractivity contribution in [3.63, 3.8) is 0 Å². The standard InChI is InChI=1S/C20H18N4O2/c1-14-4-2-5-16(12-14)23-20(26)18-7-3-6-17(24-18)19(25)22-13-15-8-10-21-11-9-15/h2-12H,13H2,1H3,(H,22,25)(H,23,26). The highest BCUT2D eigenvalue weighted by Crippen LogP contribution is 2.11. The first-order valence-corrected chi connectivity index (χ1v) is 8.14. The fourth-order valence-corrected chi connectivity index (χ4v) is 2.38. The summed E-state index contributed by atoms with van der Waals surface area (Å²) in [6.07, 6.45) is 3.33. The van der Waals surface area contributed by atoms with Gasteiger partial charge in [0, 0.05) is 24.6 Å². The van der Waals surface area contributed by atoms with Gasteiger partial charge in [0.05, 0.1) is 0 Å². The van der Waals surface area contributed by atoms with Gasteiger partial charge in [-0.25, -0.2) is 4.98 Å². The predicted octanol–water partition coefficient (Wildman–Crippen LogP) is 2.97. The number of aryl methyl sites for hydroxylation is 1. The van der Waals surface area contributed by atoms with Gasteiger partial charge in [-0.3, -0.25) is 14.6 Å². The number of pyridine rings is 2. The summed E-state index contributed by atoms with van der Waals surface area (Å²) < 4.78 is 0. The maximum Gasteiger partial charge on any atom is 0.274 e. The fourth-order valence-electron chi connectivity index (χ4n) is 2.38. The monoisotopic (exact) mass is 346 g/mol. The van der Waals surface area contributed by atoms with E-state index < -0.39 is 0 Å². The number of amides is 2. The van der Waals surface area contributed by atoms with E-state index in [0.29, 0.717) is 12.2 Å². The number of aromatic nitrogens is 2. The van der Waals surface area contributed by atoms with Crippen molar-refractivity contribution in [3.05, 3.63) is 89.5 Å². The molecule has 2 heterocycles. The van der Waals surface area contributed by atoms with Crippen LogP contribution < -0.4 is 10.6 Å². The van der Waals surface area contributed by atoms with Gasteiger partial charge in [-0.15, -0.1) is 0 Å². The van der Waals surface area contributed by atoms with Crippen LogP contribution in [0, 0.1) is 6.92 Å². The molecule has 3 aromatic rings. The van der Waals surface area contributed by atoms with Gasteiger partial charge in [0.25, 0.3) is 11.8 Å². The minimum Gasteiger partial charge on any atom is -0.347 e. The SMILES string of the molecule is Cc1cccc(NC(=O)c2cccc(C(=O)NCc3ccncc3)n2)c1. The summed E-state index contributed by atoms with van der Waals surface area (Å²) in [5.74, 6) is -0.702. The molecule has 0 aliphatic rings. The zero-order valence-corrected chi connectivity index (χ0v) is 14.3. The Morgan fingerprint density at radius 2 is 1.62 bits per heavy atom. The van der Waals surface area contributed by atoms with Crippen LogP contribution >= 0.6 is 0 Å². The summed E-state index contributed by atoms with van der Waals surface area (Å²) in [4.78, 5) is 32.7. The van der Waals surface area contributed by atoms with E-state index in [2.05, 4.69) is 20.6 Å². The Hall–Kier alpha value is -3.54. The van der Waals surface area contributed by atoms with E-state index in [1.807, 2.05) is 37.3 Å². The predicted molar refractivity (Wildman–Crippen MR) is 98.8 cm³/mol. The third kappa shape index (κ3) is 4.51. The molecule has 0 aliphatic carbocycles. The molecular weight excluding hydrogens is 328 g/mol. The Morgan fingerprint density at radius 1 is 0.923 bits per heavy atom. The Kier molecular flexibility index (Phi) is 5.34.